The Morgan fingerprint density at radius 2 is 1.94 bits per heavy atom. The minimum absolute atomic E-state index is 0.142. The average Bonchev–Trinajstić information content (AvgIpc) is 2.39. The molecule has 1 aliphatic rings. The van der Waals surface area contributed by atoms with Crippen molar-refractivity contribution in [2.75, 3.05) is 23.7 Å². The van der Waals surface area contributed by atoms with Gasteiger partial charge >= 0.3 is 0 Å². The molecule has 18 heavy (non-hydrogen) atoms. The number of nitrogens with zero attached hydrogens (tertiary/aromatic N) is 1. The SMILES string of the molecule is CCNc1cncc(NCC2CCCCC2O)c1. The third-order valence-corrected chi connectivity index (χ3v) is 3.56. The quantitative estimate of drug-likeness (QED) is 0.750. The Hall–Kier alpha value is -1.29. The lowest BCUT2D eigenvalue weighted by atomic mass is 9.86. The number of aliphatic hydroxyl groups is 1. The van der Waals surface area contributed by atoms with E-state index >= 15 is 0 Å². The molecule has 0 amide bonds. The van der Waals surface area contributed by atoms with Gasteiger partial charge in [0.25, 0.3) is 0 Å². The van der Waals surface area contributed by atoms with Gasteiger partial charge in [0.05, 0.1) is 29.9 Å². The second-order valence-corrected chi connectivity index (χ2v) is 4.99. The smallest absolute Gasteiger partial charge is 0.0585 e. The minimum Gasteiger partial charge on any atom is -0.393 e. The van der Waals surface area contributed by atoms with Gasteiger partial charge in [-0.1, -0.05) is 12.8 Å². The van der Waals surface area contributed by atoms with Gasteiger partial charge in [-0.2, -0.15) is 0 Å². The molecule has 4 nitrogen and oxygen atoms in total. The summed E-state index contributed by atoms with van der Waals surface area (Å²) in [5.41, 5.74) is 2.05. The third-order valence-electron chi connectivity index (χ3n) is 3.56. The third kappa shape index (κ3) is 3.60. The highest BCUT2D eigenvalue weighted by Gasteiger charge is 2.22. The number of hydrogen-bond acceptors (Lipinski definition) is 4. The van der Waals surface area contributed by atoms with Gasteiger partial charge in [-0.3, -0.25) is 4.98 Å². The Kier molecular flexibility index (Phi) is 4.81. The molecule has 1 aromatic rings. The van der Waals surface area contributed by atoms with E-state index in [0.29, 0.717) is 5.92 Å². The van der Waals surface area contributed by atoms with Crippen LogP contribution in [0.2, 0.25) is 0 Å². The fourth-order valence-electron chi connectivity index (χ4n) is 2.51. The van der Waals surface area contributed by atoms with Crippen LogP contribution < -0.4 is 10.6 Å². The Bertz CT molecular complexity index is 370. The molecule has 3 N–H and O–H groups in total. The molecule has 0 aromatic carbocycles. The number of aliphatic hydroxyl groups excluding tert-OH is 1. The Balaban J connectivity index is 1.87. The molecule has 2 atom stereocenters. The maximum atomic E-state index is 9.92. The van der Waals surface area contributed by atoms with Crippen LogP contribution in [0.15, 0.2) is 18.5 Å². The van der Waals surface area contributed by atoms with E-state index in [0.717, 1.165) is 43.7 Å². The summed E-state index contributed by atoms with van der Waals surface area (Å²) in [6.07, 6.45) is 7.97. The van der Waals surface area contributed by atoms with Gasteiger partial charge in [0.15, 0.2) is 0 Å². The second kappa shape index (κ2) is 6.59. The zero-order valence-corrected chi connectivity index (χ0v) is 11.0. The van der Waals surface area contributed by atoms with E-state index < -0.39 is 0 Å². The van der Waals surface area contributed by atoms with Crippen molar-refractivity contribution in [2.45, 2.75) is 38.7 Å². The second-order valence-electron chi connectivity index (χ2n) is 4.99. The van der Waals surface area contributed by atoms with Crippen molar-refractivity contribution in [1.29, 1.82) is 0 Å². The number of nitrogens with one attached hydrogen (secondary N) is 2. The molecule has 1 heterocycles. The molecule has 1 saturated carbocycles. The first-order chi connectivity index (χ1) is 8.79. The molecule has 1 aliphatic carbocycles. The molecule has 0 aliphatic heterocycles. The van der Waals surface area contributed by atoms with E-state index in [9.17, 15) is 5.11 Å². The van der Waals surface area contributed by atoms with Gasteiger partial charge in [0.2, 0.25) is 0 Å². The summed E-state index contributed by atoms with van der Waals surface area (Å²) in [5, 5.41) is 16.5. The fraction of sp³-hybridized carbons (Fsp3) is 0.643. The summed E-state index contributed by atoms with van der Waals surface area (Å²) < 4.78 is 0. The lowest BCUT2D eigenvalue weighted by Crippen LogP contribution is -2.30. The van der Waals surface area contributed by atoms with Crippen molar-refractivity contribution in [3.63, 3.8) is 0 Å². The molecule has 0 bridgehead atoms. The lowest BCUT2D eigenvalue weighted by molar-refractivity contribution is 0.0763. The zero-order valence-electron chi connectivity index (χ0n) is 11.0. The Morgan fingerprint density at radius 3 is 2.67 bits per heavy atom. The van der Waals surface area contributed by atoms with Crippen LogP contribution in [0.4, 0.5) is 11.4 Å². The monoisotopic (exact) mass is 249 g/mol. The fourth-order valence-corrected chi connectivity index (χ4v) is 2.51. The van der Waals surface area contributed by atoms with Gasteiger partial charge in [0.1, 0.15) is 0 Å². The Labute approximate surface area is 109 Å². The van der Waals surface area contributed by atoms with E-state index in [2.05, 4.69) is 28.6 Å². The predicted octanol–water partition coefficient (Wildman–Crippen LogP) is 2.48. The van der Waals surface area contributed by atoms with Crippen LogP contribution in [0.3, 0.4) is 0 Å². The summed E-state index contributed by atoms with van der Waals surface area (Å²) in [6.45, 7) is 3.80. The highest BCUT2D eigenvalue weighted by Crippen LogP contribution is 2.24. The first kappa shape index (κ1) is 13.1. The molecule has 0 radical (unpaired) electrons. The highest BCUT2D eigenvalue weighted by atomic mass is 16.3. The van der Waals surface area contributed by atoms with E-state index in [1.165, 1.54) is 6.42 Å². The zero-order chi connectivity index (χ0) is 12.8. The maximum Gasteiger partial charge on any atom is 0.0585 e. The Morgan fingerprint density at radius 1 is 1.22 bits per heavy atom. The normalized spacial score (nSPS) is 23.7. The maximum absolute atomic E-state index is 9.92. The number of hydrogen-bond donors (Lipinski definition) is 3. The van der Waals surface area contributed by atoms with Gasteiger partial charge < -0.3 is 15.7 Å². The minimum atomic E-state index is -0.142. The van der Waals surface area contributed by atoms with Crippen molar-refractivity contribution < 1.29 is 5.11 Å². The number of pyridine rings is 1. The van der Waals surface area contributed by atoms with Crippen LogP contribution in [0.5, 0.6) is 0 Å². The van der Waals surface area contributed by atoms with Crippen LogP contribution in [0.25, 0.3) is 0 Å². The number of aromatic nitrogens is 1. The van der Waals surface area contributed by atoms with E-state index in [4.69, 9.17) is 0 Å². The van der Waals surface area contributed by atoms with E-state index in [1.807, 2.05) is 12.4 Å². The summed E-state index contributed by atoms with van der Waals surface area (Å²) in [6, 6.07) is 2.06. The number of anilines is 2. The first-order valence-electron chi connectivity index (χ1n) is 6.90. The largest absolute Gasteiger partial charge is 0.393 e. The van der Waals surface area contributed by atoms with Gasteiger partial charge in [-0.05, 0) is 25.8 Å². The molecule has 1 fully saturated rings. The number of rotatable bonds is 5. The van der Waals surface area contributed by atoms with Crippen LogP contribution in [0.1, 0.15) is 32.6 Å². The van der Waals surface area contributed by atoms with Gasteiger partial charge in [-0.25, -0.2) is 0 Å². The molecule has 0 spiro atoms. The van der Waals surface area contributed by atoms with Crippen molar-refractivity contribution in [1.82, 2.24) is 4.98 Å². The predicted molar refractivity (Wildman–Crippen MR) is 74.9 cm³/mol. The molecule has 1 aromatic heterocycles. The molecular formula is C14H23N3O. The van der Waals surface area contributed by atoms with Crippen LogP contribution in [-0.2, 0) is 0 Å². The molecule has 100 valence electrons. The molecule has 2 rings (SSSR count). The summed E-state index contributed by atoms with van der Waals surface area (Å²) in [4.78, 5) is 4.20. The average molecular weight is 249 g/mol. The first-order valence-corrected chi connectivity index (χ1v) is 6.90. The molecule has 4 heteroatoms. The van der Waals surface area contributed by atoms with Crippen molar-refractivity contribution in [3.8, 4) is 0 Å². The topological polar surface area (TPSA) is 57.2 Å². The van der Waals surface area contributed by atoms with Crippen LogP contribution in [0, 0.1) is 5.92 Å². The van der Waals surface area contributed by atoms with E-state index in [1.54, 1.807) is 0 Å². The summed E-state index contributed by atoms with van der Waals surface area (Å²) in [7, 11) is 0. The van der Waals surface area contributed by atoms with Gasteiger partial charge in [-0.15, -0.1) is 0 Å². The highest BCUT2D eigenvalue weighted by molar-refractivity contribution is 5.53. The summed E-state index contributed by atoms with van der Waals surface area (Å²) >= 11 is 0. The molecule has 2 unspecified atom stereocenters. The van der Waals surface area contributed by atoms with Crippen molar-refractivity contribution in [3.05, 3.63) is 18.5 Å². The summed E-state index contributed by atoms with van der Waals surface area (Å²) in [5.74, 6) is 0.376. The molecular weight excluding hydrogens is 226 g/mol. The van der Waals surface area contributed by atoms with Crippen molar-refractivity contribution >= 4 is 11.4 Å². The van der Waals surface area contributed by atoms with E-state index in [-0.39, 0.29) is 6.10 Å². The van der Waals surface area contributed by atoms with Crippen LogP contribution >= 0.6 is 0 Å². The van der Waals surface area contributed by atoms with Crippen LogP contribution in [-0.4, -0.2) is 29.3 Å². The lowest BCUT2D eigenvalue weighted by Gasteiger charge is -2.27. The van der Waals surface area contributed by atoms with Crippen molar-refractivity contribution in [2.24, 2.45) is 5.92 Å². The van der Waals surface area contributed by atoms with Gasteiger partial charge in [0, 0.05) is 19.0 Å². The molecule has 0 saturated heterocycles. The standard InChI is InChI=1S/C14H23N3O/c1-2-16-12-7-13(10-15-9-12)17-8-11-5-3-4-6-14(11)18/h7,9-11,14,16-18H,2-6,8H2,1H3.